The molecule has 4 aliphatic heterocycles. The first kappa shape index (κ1) is 26.2. The number of likely N-dealkylation sites (tertiary alicyclic amines) is 1. The third-order valence-electron chi connectivity index (χ3n) is 9.06. The third-order valence-corrected chi connectivity index (χ3v) is 9.06. The number of aryl methyl sites for hydroxylation is 1. The fourth-order valence-corrected chi connectivity index (χ4v) is 6.40. The van der Waals surface area contributed by atoms with E-state index in [1.54, 1.807) is 17.9 Å². The van der Waals surface area contributed by atoms with Gasteiger partial charge in [0.15, 0.2) is 0 Å². The molecule has 4 aliphatic rings. The van der Waals surface area contributed by atoms with Crippen LogP contribution in [0.3, 0.4) is 0 Å². The molecule has 1 aromatic carbocycles. The van der Waals surface area contributed by atoms with Gasteiger partial charge in [0.05, 0.1) is 31.2 Å². The van der Waals surface area contributed by atoms with Crippen molar-refractivity contribution in [2.24, 2.45) is 5.92 Å². The van der Waals surface area contributed by atoms with Crippen LogP contribution in [0.4, 0.5) is 15.0 Å². The molecule has 5 heterocycles. The van der Waals surface area contributed by atoms with E-state index in [0.29, 0.717) is 69.5 Å². The van der Waals surface area contributed by atoms with Crippen LogP contribution in [0.5, 0.6) is 0 Å². The Morgan fingerprint density at radius 2 is 1.90 bits per heavy atom. The topological polar surface area (TPSA) is 90.0 Å². The summed E-state index contributed by atoms with van der Waals surface area (Å²) in [6, 6.07) is 9.01. The number of ether oxygens (including phenoxy) is 1. The van der Waals surface area contributed by atoms with Gasteiger partial charge in [0.25, 0.3) is 0 Å². The molecule has 4 fully saturated rings. The summed E-state index contributed by atoms with van der Waals surface area (Å²) in [5, 5.41) is 0. The number of anilines is 1. The molecule has 1 aromatic heterocycles. The van der Waals surface area contributed by atoms with Crippen molar-refractivity contribution in [2.45, 2.75) is 51.1 Å². The van der Waals surface area contributed by atoms with Gasteiger partial charge in [-0.15, -0.1) is 0 Å². The Bertz CT molecular complexity index is 1250. The summed E-state index contributed by atoms with van der Waals surface area (Å²) in [4.78, 5) is 37.6. The number of carbonyl (C=O) groups is 2. The SMILES string of the molecule is CCc1nc(N2CC3(CCN(C(=O)C4COC4)CC3)N(Cc3cccc(F)c3C)C2=O)ccc1C1CNNC1. The Balaban J connectivity index is 1.29. The molecular weight excluding hydrogens is 499 g/mol. The van der Waals surface area contributed by atoms with E-state index in [9.17, 15) is 14.0 Å². The fraction of sp³-hybridized carbons (Fsp3) is 0.552. The molecule has 4 saturated heterocycles. The lowest BCUT2D eigenvalue weighted by molar-refractivity contribution is -0.152. The predicted octanol–water partition coefficient (Wildman–Crippen LogP) is 2.73. The first-order chi connectivity index (χ1) is 18.9. The Morgan fingerprint density at radius 3 is 2.56 bits per heavy atom. The van der Waals surface area contributed by atoms with Crippen LogP contribution in [0.1, 0.15) is 48.1 Å². The van der Waals surface area contributed by atoms with Crippen LogP contribution in [0.25, 0.3) is 0 Å². The third kappa shape index (κ3) is 4.68. The quantitative estimate of drug-likeness (QED) is 0.590. The largest absolute Gasteiger partial charge is 0.380 e. The monoisotopic (exact) mass is 536 g/mol. The number of hydrogen-bond acceptors (Lipinski definition) is 6. The Hall–Kier alpha value is -3.08. The average molecular weight is 537 g/mol. The highest BCUT2D eigenvalue weighted by Gasteiger charge is 2.52. The molecule has 39 heavy (non-hydrogen) atoms. The van der Waals surface area contributed by atoms with E-state index >= 15 is 0 Å². The highest BCUT2D eigenvalue weighted by Crippen LogP contribution is 2.40. The standard InChI is InChI=1S/C29H37FN6O3/c1-3-25-23(21-13-31-32-14-21)7-8-26(33-25)35-18-29(9-11-34(12-10-29)27(37)22-16-39-17-22)36(28(35)38)15-20-5-4-6-24(30)19(20)2/h4-8,21-22,31-32H,3,9-18H2,1-2H3. The summed E-state index contributed by atoms with van der Waals surface area (Å²) in [6.45, 7) is 8.53. The van der Waals surface area contributed by atoms with Crippen LogP contribution in [0.15, 0.2) is 30.3 Å². The van der Waals surface area contributed by atoms with E-state index in [1.165, 1.54) is 11.6 Å². The van der Waals surface area contributed by atoms with Crippen molar-refractivity contribution >= 4 is 17.8 Å². The van der Waals surface area contributed by atoms with Gasteiger partial charge in [-0.1, -0.05) is 25.1 Å². The predicted molar refractivity (Wildman–Crippen MR) is 145 cm³/mol. The molecule has 2 aromatic rings. The molecule has 0 saturated carbocycles. The lowest BCUT2D eigenvalue weighted by atomic mass is 9.85. The molecule has 3 amide bonds. The van der Waals surface area contributed by atoms with Crippen LogP contribution < -0.4 is 15.8 Å². The summed E-state index contributed by atoms with van der Waals surface area (Å²) >= 11 is 0. The van der Waals surface area contributed by atoms with Crippen molar-refractivity contribution in [3.05, 3.63) is 58.5 Å². The normalized spacial score (nSPS) is 21.7. The molecule has 0 aliphatic carbocycles. The van der Waals surface area contributed by atoms with Crippen molar-refractivity contribution in [1.82, 2.24) is 25.6 Å². The van der Waals surface area contributed by atoms with Crippen molar-refractivity contribution in [2.75, 3.05) is 50.8 Å². The lowest BCUT2D eigenvalue weighted by Gasteiger charge is -2.45. The van der Waals surface area contributed by atoms with Gasteiger partial charge < -0.3 is 14.5 Å². The van der Waals surface area contributed by atoms with Gasteiger partial charge in [-0.05, 0) is 55.0 Å². The molecule has 0 radical (unpaired) electrons. The second-order valence-electron chi connectivity index (χ2n) is 11.3. The molecule has 10 heteroatoms. The minimum Gasteiger partial charge on any atom is -0.380 e. The Kier molecular flexibility index (Phi) is 7.03. The maximum absolute atomic E-state index is 14.4. The molecule has 9 nitrogen and oxygen atoms in total. The molecule has 1 spiro atoms. The van der Waals surface area contributed by atoms with Crippen LogP contribution in [-0.2, 0) is 22.5 Å². The van der Waals surface area contributed by atoms with Crippen LogP contribution in [0.2, 0.25) is 0 Å². The van der Waals surface area contributed by atoms with E-state index in [4.69, 9.17) is 9.72 Å². The molecular formula is C29H37FN6O3. The van der Waals surface area contributed by atoms with Crippen molar-refractivity contribution in [3.8, 4) is 0 Å². The average Bonchev–Trinajstić information content (AvgIpc) is 3.54. The van der Waals surface area contributed by atoms with Gasteiger partial charge in [-0.25, -0.2) is 14.2 Å². The highest BCUT2D eigenvalue weighted by atomic mass is 19.1. The minimum absolute atomic E-state index is 0.0488. The fourth-order valence-electron chi connectivity index (χ4n) is 6.40. The number of amides is 3. The molecule has 0 unspecified atom stereocenters. The summed E-state index contributed by atoms with van der Waals surface area (Å²) in [5.41, 5.74) is 9.49. The number of carbonyl (C=O) groups excluding carboxylic acids is 2. The zero-order chi connectivity index (χ0) is 27.1. The summed E-state index contributed by atoms with van der Waals surface area (Å²) in [6.07, 6.45) is 2.11. The number of hydrazine groups is 1. The summed E-state index contributed by atoms with van der Waals surface area (Å²) in [7, 11) is 0. The van der Waals surface area contributed by atoms with Gasteiger partial charge >= 0.3 is 6.03 Å². The van der Waals surface area contributed by atoms with Gasteiger partial charge in [-0.3, -0.25) is 20.5 Å². The van der Waals surface area contributed by atoms with E-state index < -0.39 is 5.54 Å². The molecule has 0 atom stereocenters. The molecule has 208 valence electrons. The van der Waals surface area contributed by atoms with Crippen molar-refractivity contribution in [1.29, 1.82) is 0 Å². The highest BCUT2D eigenvalue weighted by molar-refractivity contribution is 5.94. The summed E-state index contributed by atoms with van der Waals surface area (Å²) in [5.74, 6) is 0.826. The van der Waals surface area contributed by atoms with Gasteiger partial charge in [-0.2, -0.15) is 0 Å². The maximum atomic E-state index is 14.4. The number of nitrogens with one attached hydrogen (secondary N) is 2. The number of benzene rings is 1. The van der Waals surface area contributed by atoms with Crippen LogP contribution >= 0.6 is 0 Å². The molecule has 2 N–H and O–H groups in total. The van der Waals surface area contributed by atoms with Crippen molar-refractivity contribution < 1.29 is 18.7 Å². The first-order valence-electron chi connectivity index (χ1n) is 14.1. The number of piperidine rings is 1. The maximum Gasteiger partial charge on any atom is 0.326 e. The number of halogens is 1. The van der Waals surface area contributed by atoms with E-state index in [0.717, 1.165) is 30.8 Å². The number of pyridine rings is 1. The Morgan fingerprint density at radius 1 is 1.15 bits per heavy atom. The first-order valence-corrected chi connectivity index (χ1v) is 14.1. The van der Waals surface area contributed by atoms with Crippen molar-refractivity contribution in [3.63, 3.8) is 0 Å². The smallest absolute Gasteiger partial charge is 0.326 e. The Labute approximate surface area is 228 Å². The molecule has 0 bridgehead atoms. The number of nitrogens with zero attached hydrogens (tertiary/aromatic N) is 4. The zero-order valence-corrected chi connectivity index (χ0v) is 22.7. The number of urea groups is 1. The van der Waals surface area contributed by atoms with E-state index in [-0.39, 0.29) is 23.7 Å². The summed E-state index contributed by atoms with van der Waals surface area (Å²) < 4.78 is 19.7. The minimum atomic E-state index is -0.464. The van der Waals surface area contributed by atoms with Gasteiger partial charge in [0.1, 0.15) is 11.6 Å². The lowest BCUT2D eigenvalue weighted by Crippen LogP contribution is -2.57. The zero-order valence-electron chi connectivity index (χ0n) is 22.7. The van der Waals surface area contributed by atoms with Gasteiger partial charge in [0.2, 0.25) is 5.91 Å². The van der Waals surface area contributed by atoms with E-state index in [1.807, 2.05) is 21.9 Å². The second kappa shape index (κ2) is 10.5. The van der Waals surface area contributed by atoms with E-state index in [2.05, 4.69) is 23.8 Å². The van der Waals surface area contributed by atoms with Crippen LogP contribution in [0, 0.1) is 18.7 Å². The number of rotatable bonds is 6. The number of aromatic nitrogens is 1. The van der Waals surface area contributed by atoms with Gasteiger partial charge in [0, 0.05) is 44.3 Å². The number of hydrogen-bond donors (Lipinski definition) is 2. The molecule has 6 rings (SSSR count). The van der Waals surface area contributed by atoms with Crippen LogP contribution in [-0.4, -0.2) is 78.2 Å². The second-order valence-corrected chi connectivity index (χ2v) is 11.3.